The molecule has 2 aromatic rings. The highest BCUT2D eigenvalue weighted by Gasteiger charge is 2.29. The molecule has 0 fully saturated rings. The summed E-state index contributed by atoms with van der Waals surface area (Å²) in [6.07, 6.45) is 1.76. The fourth-order valence-corrected chi connectivity index (χ4v) is 2.91. The van der Waals surface area contributed by atoms with Crippen molar-refractivity contribution < 1.29 is 14.3 Å². The van der Waals surface area contributed by atoms with E-state index in [0.29, 0.717) is 23.6 Å². The zero-order valence-electron chi connectivity index (χ0n) is 15.7. The van der Waals surface area contributed by atoms with Gasteiger partial charge in [-0.05, 0) is 39.0 Å². The van der Waals surface area contributed by atoms with Gasteiger partial charge in [-0.15, -0.1) is 11.3 Å². The number of aromatic nitrogens is 1. The maximum absolute atomic E-state index is 12.6. The van der Waals surface area contributed by atoms with E-state index in [2.05, 4.69) is 15.3 Å². The minimum absolute atomic E-state index is 0.0842. The Balaban J connectivity index is 2.22. The number of nitrogens with zero attached hydrogens (tertiary/aromatic N) is 2. The van der Waals surface area contributed by atoms with Crippen LogP contribution >= 0.6 is 11.3 Å². The number of nitrogen functional groups attached to an aromatic ring is 1. The van der Waals surface area contributed by atoms with Gasteiger partial charge in [0.25, 0.3) is 5.91 Å². The predicted molar refractivity (Wildman–Crippen MR) is 106 cm³/mol. The molecule has 27 heavy (non-hydrogen) atoms. The van der Waals surface area contributed by atoms with E-state index >= 15 is 0 Å². The zero-order chi connectivity index (χ0) is 20.2. The number of carbonyl (C=O) groups excluding carboxylic acids is 2. The van der Waals surface area contributed by atoms with Crippen LogP contribution in [0.2, 0.25) is 0 Å². The van der Waals surface area contributed by atoms with Crippen molar-refractivity contribution in [3.8, 4) is 5.75 Å². The van der Waals surface area contributed by atoms with E-state index in [1.165, 1.54) is 20.9 Å². The Morgan fingerprint density at radius 1 is 1.37 bits per heavy atom. The Bertz CT molecular complexity index is 889. The van der Waals surface area contributed by atoms with Crippen molar-refractivity contribution in [3.63, 3.8) is 0 Å². The van der Waals surface area contributed by atoms with Gasteiger partial charge >= 0.3 is 0 Å². The van der Waals surface area contributed by atoms with Crippen LogP contribution in [0.4, 0.5) is 5.69 Å². The number of benzene rings is 1. The number of aliphatic imine (C=N–C) groups is 1. The number of ether oxygens (including phenoxy) is 1. The Morgan fingerprint density at radius 2 is 2.07 bits per heavy atom. The monoisotopic (exact) mass is 389 g/mol. The van der Waals surface area contributed by atoms with Gasteiger partial charge < -0.3 is 21.5 Å². The van der Waals surface area contributed by atoms with Crippen molar-refractivity contribution in [2.24, 2.45) is 10.7 Å². The Kier molecular flexibility index (Phi) is 6.17. The molecule has 5 N–H and O–H groups in total. The third kappa shape index (κ3) is 5.04. The first-order chi connectivity index (χ1) is 12.6. The van der Waals surface area contributed by atoms with Crippen LogP contribution in [0.3, 0.4) is 0 Å². The summed E-state index contributed by atoms with van der Waals surface area (Å²) in [6, 6.07) is 4.99. The highest BCUT2D eigenvalue weighted by molar-refractivity contribution is 7.11. The third-order valence-corrected chi connectivity index (χ3v) is 4.70. The van der Waals surface area contributed by atoms with Crippen LogP contribution in [0.15, 0.2) is 29.4 Å². The molecule has 0 saturated carbocycles. The molecule has 0 aliphatic carbocycles. The molecule has 144 valence electrons. The summed E-state index contributed by atoms with van der Waals surface area (Å²) in [5.74, 6) is -0.673. The fourth-order valence-electron chi connectivity index (χ4n) is 2.21. The molecule has 2 amide bonds. The maximum atomic E-state index is 12.6. The number of primary amides is 1. The third-order valence-electron chi connectivity index (χ3n) is 3.81. The van der Waals surface area contributed by atoms with Gasteiger partial charge in [0.15, 0.2) is 0 Å². The standard InChI is InChI=1S/C18H23N5O3S/c1-10-22-8-12(27-10)9-26-11-5-6-14(19)13(7-11)15(21-4)16(24)23-18(2,3)17(20)25/h5-8H,9,19H2,1-4H3,(H2,20,25)(H,23,24). The zero-order valence-corrected chi connectivity index (χ0v) is 16.5. The second kappa shape index (κ2) is 8.17. The number of hydrogen-bond acceptors (Lipinski definition) is 7. The van der Waals surface area contributed by atoms with Crippen LogP contribution in [0.25, 0.3) is 0 Å². The second-order valence-corrected chi connectivity index (χ2v) is 7.72. The lowest BCUT2D eigenvalue weighted by Crippen LogP contribution is -2.54. The van der Waals surface area contributed by atoms with Crippen molar-refractivity contribution in [2.75, 3.05) is 12.8 Å². The second-order valence-electron chi connectivity index (χ2n) is 6.40. The maximum Gasteiger partial charge on any atom is 0.270 e. The lowest BCUT2D eigenvalue weighted by molar-refractivity contribution is -0.127. The van der Waals surface area contributed by atoms with Crippen LogP contribution in [0.1, 0.15) is 29.3 Å². The van der Waals surface area contributed by atoms with E-state index in [-0.39, 0.29) is 5.71 Å². The lowest BCUT2D eigenvalue weighted by Gasteiger charge is -2.23. The summed E-state index contributed by atoms with van der Waals surface area (Å²) in [4.78, 5) is 33.3. The van der Waals surface area contributed by atoms with Crippen LogP contribution in [-0.2, 0) is 16.2 Å². The number of amides is 2. The molecule has 9 heteroatoms. The number of nitrogens with two attached hydrogens (primary N) is 2. The van der Waals surface area contributed by atoms with Crippen LogP contribution < -0.4 is 21.5 Å². The molecule has 2 rings (SSSR count). The van der Waals surface area contributed by atoms with Crippen molar-refractivity contribution in [1.29, 1.82) is 0 Å². The first-order valence-corrected chi connectivity index (χ1v) is 8.99. The van der Waals surface area contributed by atoms with Gasteiger partial charge in [0, 0.05) is 24.5 Å². The number of carbonyl (C=O) groups is 2. The van der Waals surface area contributed by atoms with Gasteiger partial charge in [0.05, 0.1) is 9.88 Å². The smallest absolute Gasteiger partial charge is 0.270 e. The van der Waals surface area contributed by atoms with Gasteiger partial charge in [-0.2, -0.15) is 0 Å². The average molecular weight is 389 g/mol. The Morgan fingerprint density at radius 3 is 2.63 bits per heavy atom. The Labute approximate surface area is 161 Å². The minimum Gasteiger partial charge on any atom is -0.488 e. The molecule has 1 aromatic heterocycles. The molecule has 0 aliphatic heterocycles. The summed E-state index contributed by atoms with van der Waals surface area (Å²) in [5, 5.41) is 3.52. The molecule has 1 heterocycles. The largest absolute Gasteiger partial charge is 0.488 e. The number of anilines is 1. The van der Waals surface area contributed by atoms with E-state index in [1.807, 2.05) is 6.92 Å². The fraction of sp³-hybridized carbons (Fsp3) is 0.333. The van der Waals surface area contributed by atoms with Crippen LogP contribution in [0, 0.1) is 6.92 Å². The lowest BCUT2D eigenvalue weighted by atomic mass is 10.0. The average Bonchev–Trinajstić information content (AvgIpc) is 3.00. The number of rotatable bonds is 7. The molecule has 0 aliphatic rings. The molecule has 8 nitrogen and oxygen atoms in total. The molecule has 0 radical (unpaired) electrons. The van der Waals surface area contributed by atoms with Crippen molar-refractivity contribution in [1.82, 2.24) is 10.3 Å². The van der Waals surface area contributed by atoms with E-state index in [4.69, 9.17) is 16.2 Å². The predicted octanol–water partition coefficient (Wildman–Crippen LogP) is 1.41. The van der Waals surface area contributed by atoms with E-state index in [0.717, 1.165) is 9.88 Å². The number of thiazole rings is 1. The molecule has 0 bridgehead atoms. The summed E-state index contributed by atoms with van der Waals surface area (Å²) >= 11 is 1.55. The summed E-state index contributed by atoms with van der Waals surface area (Å²) < 4.78 is 5.77. The summed E-state index contributed by atoms with van der Waals surface area (Å²) in [5.41, 5.74) is 11.0. The normalized spacial score (nSPS) is 11.9. The van der Waals surface area contributed by atoms with Gasteiger partial charge in [-0.1, -0.05) is 0 Å². The molecule has 0 atom stereocenters. The molecule has 1 aromatic carbocycles. The van der Waals surface area contributed by atoms with Gasteiger partial charge in [0.2, 0.25) is 5.91 Å². The van der Waals surface area contributed by atoms with Gasteiger partial charge in [0.1, 0.15) is 23.6 Å². The summed E-state index contributed by atoms with van der Waals surface area (Å²) in [7, 11) is 1.47. The molecular weight excluding hydrogens is 366 g/mol. The first-order valence-electron chi connectivity index (χ1n) is 8.17. The van der Waals surface area contributed by atoms with E-state index in [9.17, 15) is 9.59 Å². The number of aryl methyl sites for hydroxylation is 1. The van der Waals surface area contributed by atoms with Gasteiger partial charge in [-0.25, -0.2) is 4.98 Å². The molecule has 0 saturated heterocycles. The van der Waals surface area contributed by atoms with Crippen LogP contribution in [0.5, 0.6) is 5.75 Å². The molecule has 0 spiro atoms. The van der Waals surface area contributed by atoms with Crippen LogP contribution in [-0.4, -0.2) is 35.1 Å². The van der Waals surface area contributed by atoms with Gasteiger partial charge in [-0.3, -0.25) is 14.6 Å². The quantitative estimate of drug-likeness (QED) is 0.486. The highest BCUT2D eigenvalue weighted by Crippen LogP contribution is 2.23. The SMILES string of the molecule is CN=C(C(=O)NC(C)(C)C(N)=O)c1cc(OCc2cnc(C)s2)ccc1N. The molecular formula is C18H23N5O3S. The topological polar surface area (TPSA) is 133 Å². The number of nitrogens with one attached hydrogen (secondary N) is 1. The summed E-state index contributed by atoms with van der Waals surface area (Å²) in [6.45, 7) is 5.31. The van der Waals surface area contributed by atoms with E-state index in [1.54, 1.807) is 35.7 Å². The minimum atomic E-state index is -1.22. The molecule has 0 unspecified atom stereocenters. The Hall–Kier alpha value is -2.94. The first kappa shape index (κ1) is 20.4. The van der Waals surface area contributed by atoms with E-state index < -0.39 is 17.4 Å². The van der Waals surface area contributed by atoms with Crippen molar-refractivity contribution >= 4 is 34.6 Å². The van der Waals surface area contributed by atoms with Crippen molar-refractivity contribution in [2.45, 2.75) is 32.9 Å². The van der Waals surface area contributed by atoms with Crippen molar-refractivity contribution in [3.05, 3.63) is 39.8 Å². The highest BCUT2D eigenvalue weighted by atomic mass is 32.1. The number of hydrogen-bond donors (Lipinski definition) is 3.